The van der Waals surface area contributed by atoms with Gasteiger partial charge in [-0.1, -0.05) is 6.07 Å². The monoisotopic (exact) mass is 565 g/mol. The van der Waals surface area contributed by atoms with Gasteiger partial charge in [-0.05, 0) is 63.0 Å². The molecule has 3 heterocycles. The predicted octanol–water partition coefficient (Wildman–Crippen LogP) is 3.17. The van der Waals surface area contributed by atoms with Crippen molar-refractivity contribution >= 4 is 28.9 Å². The number of ether oxygens (including phenoxy) is 2. The van der Waals surface area contributed by atoms with Gasteiger partial charge < -0.3 is 30.5 Å². The van der Waals surface area contributed by atoms with Gasteiger partial charge in [-0.15, -0.1) is 0 Å². The van der Waals surface area contributed by atoms with Crippen molar-refractivity contribution in [1.29, 1.82) is 0 Å². The van der Waals surface area contributed by atoms with Crippen molar-refractivity contribution in [2.24, 2.45) is 10.7 Å². The topological polar surface area (TPSA) is 141 Å². The summed E-state index contributed by atoms with van der Waals surface area (Å²) in [6.07, 6.45) is 4.05. The standard InChI is InChI=1S/C29H36FN7O4/c1-40-25-15-23-24(16-26(25)41-11-3-2-9-36-10-5-8-22(36)17-38)32-18-37(21-7-4-6-19(30)12-21)29(23)33-28-14-20(34-35-28)13-27(31)39/h4,6-7,12,14-16,22,32,38H,2-3,5,8-11,13,17-18H2,1H3,(H2,31,39)(H,34,35)/t22-/m1/s1. The van der Waals surface area contributed by atoms with E-state index >= 15 is 0 Å². The third-order valence-corrected chi connectivity index (χ3v) is 7.36. The highest BCUT2D eigenvalue weighted by atomic mass is 19.1. The number of carbonyl (C=O) groups is 1. The van der Waals surface area contributed by atoms with E-state index in [0.29, 0.717) is 53.4 Å². The van der Waals surface area contributed by atoms with Crippen LogP contribution in [0.4, 0.5) is 21.6 Å². The number of unbranched alkanes of at least 4 members (excludes halogenated alkanes) is 1. The van der Waals surface area contributed by atoms with Crippen LogP contribution in [0.25, 0.3) is 0 Å². The van der Waals surface area contributed by atoms with Gasteiger partial charge in [0, 0.05) is 35.1 Å². The average molecular weight is 566 g/mol. The van der Waals surface area contributed by atoms with Gasteiger partial charge in [0.2, 0.25) is 5.91 Å². The number of aliphatic imine (C=N–C) groups is 1. The number of aliphatic hydroxyl groups is 1. The summed E-state index contributed by atoms with van der Waals surface area (Å²) in [7, 11) is 1.58. The van der Waals surface area contributed by atoms with Gasteiger partial charge in [-0.3, -0.25) is 14.8 Å². The fraction of sp³-hybridized carbons (Fsp3) is 0.414. The molecule has 3 aromatic rings. The number of nitrogens with one attached hydrogen (secondary N) is 2. The Morgan fingerprint density at radius 1 is 1.24 bits per heavy atom. The van der Waals surface area contributed by atoms with E-state index < -0.39 is 5.91 Å². The Morgan fingerprint density at radius 3 is 2.90 bits per heavy atom. The van der Waals surface area contributed by atoms with Crippen molar-refractivity contribution in [1.82, 2.24) is 15.1 Å². The van der Waals surface area contributed by atoms with Crippen LogP contribution < -0.4 is 25.4 Å². The molecule has 5 rings (SSSR count). The first-order valence-electron chi connectivity index (χ1n) is 13.8. The number of rotatable bonds is 12. The van der Waals surface area contributed by atoms with Crippen molar-refractivity contribution in [2.45, 2.75) is 38.1 Å². The molecule has 5 N–H and O–H groups in total. The summed E-state index contributed by atoms with van der Waals surface area (Å²) in [6.45, 7) is 3.05. The molecule has 0 radical (unpaired) electrons. The number of aromatic amines is 1. The maximum Gasteiger partial charge on any atom is 0.223 e. The van der Waals surface area contributed by atoms with E-state index in [-0.39, 0.29) is 24.9 Å². The number of amides is 1. The first-order chi connectivity index (χ1) is 19.9. The molecular formula is C29H36FN7O4. The lowest BCUT2D eigenvalue weighted by molar-refractivity contribution is -0.117. The molecule has 1 saturated heterocycles. The van der Waals surface area contributed by atoms with Crippen LogP contribution in [0.1, 0.15) is 36.9 Å². The number of nitrogens with two attached hydrogens (primary N) is 1. The molecule has 0 bridgehead atoms. The van der Waals surface area contributed by atoms with Gasteiger partial charge in [0.15, 0.2) is 17.3 Å². The lowest BCUT2D eigenvalue weighted by atomic mass is 10.1. The number of hydrogen-bond acceptors (Lipinski definition) is 8. The number of halogens is 1. The third kappa shape index (κ3) is 6.77. The van der Waals surface area contributed by atoms with Crippen LogP contribution in [0.15, 0.2) is 47.5 Å². The molecule has 1 amide bonds. The highest BCUT2D eigenvalue weighted by Crippen LogP contribution is 2.38. The van der Waals surface area contributed by atoms with Crippen LogP contribution in [-0.2, 0) is 11.2 Å². The zero-order valence-electron chi connectivity index (χ0n) is 23.1. The molecule has 2 aliphatic rings. The zero-order chi connectivity index (χ0) is 28.8. The van der Waals surface area contributed by atoms with Gasteiger partial charge in [0.1, 0.15) is 11.7 Å². The molecule has 1 aromatic heterocycles. The number of aliphatic hydroxyl groups excluding tert-OH is 1. The molecule has 0 spiro atoms. The summed E-state index contributed by atoms with van der Waals surface area (Å²) in [5.41, 5.74) is 7.97. The highest BCUT2D eigenvalue weighted by molar-refractivity contribution is 6.16. The number of H-pyrrole nitrogens is 1. The summed E-state index contributed by atoms with van der Waals surface area (Å²) in [6, 6.07) is 11.9. The Bertz CT molecular complexity index is 1400. The highest BCUT2D eigenvalue weighted by Gasteiger charge is 2.27. The molecule has 1 atom stereocenters. The normalized spacial score (nSPS) is 17.9. The lowest BCUT2D eigenvalue weighted by Gasteiger charge is -2.33. The molecule has 11 nitrogen and oxygen atoms in total. The minimum absolute atomic E-state index is 0.0121. The molecule has 218 valence electrons. The number of amidine groups is 1. The van der Waals surface area contributed by atoms with Crippen LogP contribution in [-0.4, -0.2) is 78.1 Å². The van der Waals surface area contributed by atoms with Crippen molar-refractivity contribution in [3.63, 3.8) is 0 Å². The molecule has 1 fully saturated rings. The Kier molecular flexibility index (Phi) is 9.00. The Balaban J connectivity index is 1.37. The van der Waals surface area contributed by atoms with Crippen LogP contribution in [0.5, 0.6) is 11.5 Å². The summed E-state index contributed by atoms with van der Waals surface area (Å²) < 4.78 is 26.0. The Labute approximate surface area is 238 Å². The van der Waals surface area contributed by atoms with Gasteiger partial charge in [-0.25, -0.2) is 9.38 Å². The largest absolute Gasteiger partial charge is 0.493 e. The number of primary amides is 1. The van der Waals surface area contributed by atoms with Gasteiger partial charge in [0.25, 0.3) is 0 Å². The van der Waals surface area contributed by atoms with E-state index in [4.69, 9.17) is 20.2 Å². The summed E-state index contributed by atoms with van der Waals surface area (Å²) in [5, 5.41) is 19.9. The molecule has 0 saturated carbocycles. The molecule has 2 aliphatic heterocycles. The third-order valence-electron chi connectivity index (χ3n) is 7.36. The summed E-state index contributed by atoms with van der Waals surface area (Å²) in [5.74, 6) is 1.17. The number of anilines is 2. The van der Waals surface area contributed by atoms with Crippen LogP contribution in [0, 0.1) is 5.82 Å². The predicted molar refractivity (Wildman–Crippen MR) is 154 cm³/mol. The van der Waals surface area contributed by atoms with Gasteiger partial charge in [0.05, 0.1) is 39.1 Å². The van der Waals surface area contributed by atoms with Gasteiger partial charge >= 0.3 is 0 Å². The van der Waals surface area contributed by atoms with Crippen molar-refractivity contribution in [2.75, 3.05) is 50.3 Å². The first-order valence-corrected chi connectivity index (χ1v) is 13.8. The summed E-state index contributed by atoms with van der Waals surface area (Å²) >= 11 is 0. The lowest BCUT2D eigenvalue weighted by Crippen LogP contribution is -2.40. The van der Waals surface area contributed by atoms with Crippen LogP contribution in [0.2, 0.25) is 0 Å². The van der Waals surface area contributed by atoms with Crippen molar-refractivity contribution in [3.8, 4) is 11.5 Å². The van der Waals surface area contributed by atoms with E-state index in [9.17, 15) is 14.3 Å². The number of hydrogen-bond donors (Lipinski definition) is 4. The van der Waals surface area contributed by atoms with E-state index in [2.05, 4.69) is 20.4 Å². The molecule has 2 aromatic carbocycles. The second-order valence-corrected chi connectivity index (χ2v) is 10.2. The molecule has 0 aliphatic carbocycles. The Morgan fingerprint density at radius 2 is 2.12 bits per heavy atom. The molecule has 12 heteroatoms. The van der Waals surface area contributed by atoms with Crippen LogP contribution in [0.3, 0.4) is 0 Å². The van der Waals surface area contributed by atoms with Crippen molar-refractivity contribution in [3.05, 3.63) is 59.5 Å². The first kappa shape index (κ1) is 28.4. The smallest absolute Gasteiger partial charge is 0.223 e. The number of nitrogens with zero attached hydrogens (tertiary/aromatic N) is 4. The number of likely N-dealkylation sites (tertiary alicyclic amines) is 1. The second kappa shape index (κ2) is 13.0. The molecular weight excluding hydrogens is 529 g/mol. The van der Waals surface area contributed by atoms with E-state index in [1.165, 1.54) is 12.1 Å². The van der Waals surface area contributed by atoms with Gasteiger partial charge in [-0.2, -0.15) is 5.10 Å². The SMILES string of the molecule is COc1cc2c(cc1OCCCCN1CCC[C@@H]1CO)NCN(c1cccc(F)c1)C2=Nc1cc(CC(N)=O)[nH]n1. The second-order valence-electron chi connectivity index (χ2n) is 10.2. The number of methoxy groups -OCH3 is 1. The molecule has 0 unspecified atom stereocenters. The maximum atomic E-state index is 14.2. The molecule has 41 heavy (non-hydrogen) atoms. The minimum Gasteiger partial charge on any atom is -0.493 e. The van der Waals surface area contributed by atoms with E-state index in [0.717, 1.165) is 44.5 Å². The fourth-order valence-electron chi connectivity index (χ4n) is 5.32. The number of benzene rings is 2. The zero-order valence-corrected chi connectivity index (χ0v) is 23.1. The average Bonchev–Trinajstić information content (AvgIpc) is 3.61. The van der Waals surface area contributed by atoms with Crippen LogP contribution >= 0.6 is 0 Å². The Hall–Kier alpha value is -4.16. The number of aromatic nitrogens is 2. The minimum atomic E-state index is -0.482. The summed E-state index contributed by atoms with van der Waals surface area (Å²) in [4.78, 5) is 20.3. The number of carbonyl (C=O) groups excluding carboxylic acids is 1. The maximum absolute atomic E-state index is 14.2. The van der Waals surface area contributed by atoms with E-state index in [1.807, 2.05) is 17.0 Å². The van der Waals surface area contributed by atoms with Crippen molar-refractivity contribution < 1.29 is 23.8 Å². The number of fused-ring (bicyclic) bond motifs is 1. The quantitative estimate of drug-likeness (QED) is 0.246. The van der Waals surface area contributed by atoms with E-state index in [1.54, 1.807) is 25.3 Å². The fourth-order valence-corrected chi connectivity index (χ4v) is 5.32.